The van der Waals surface area contributed by atoms with Crippen LogP contribution in [0.2, 0.25) is 0 Å². The standard InChI is InChI=1S/C17H27N/c1-4-5-9-17-13-18(12-14(17)2)15(3)16-10-7-6-8-11-16/h6-8,10-11,14-15,17H,4-5,9,12-13H2,1-3H3. The molecule has 18 heavy (non-hydrogen) atoms. The molecule has 0 aromatic heterocycles. The van der Waals surface area contributed by atoms with Crippen LogP contribution in [0.25, 0.3) is 0 Å². The molecule has 1 aromatic carbocycles. The third-order valence-corrected chi connectivity index (χ3v) is 4.55. The molecule has 0 N–H and O–H groups in total. The molecule has 1 aliphatic heterocycles. The summed E-state index contributed by atoms with van der Waals surface area (Å²) in [6.07, 6.45) is 4.13. The molecule has 0 aliphatic carbocycles. The van der Waals surface area contributed by atoms with E-state index in [-0.39, 0.29) is 0 Å². The summed E-state index contributed by atoms with van der Waals surface area (Å²) in [5.41, 5.74) is 1.46. The Kier molecular flexibility index (Phi) is 4.82. The van der Waals surface area contributed by atoms with Crippen molar-refractivity contribution in [3.8, 4) is 0 Å². The van der Waals surface area contributed by atoms with E-state index < -0.39 is 0 Å². The van der Waals surface area contributed by atoms with Gasteiger partial charge in [0.25, 0.3) is 0 Å². The Balaban J connectivity index is 1.95. The van der Waals surface area contributed by atoms with Gasteiger partial charge in [0.05, 0.1) is 0 Å². The van der Waals surface area contributed by atoms with Crippen molar-refractivity contribution in [2.45, 2.75) is 46.1 Å². The van der Waals surface area contributed by atoms with Crippen LogP contribution in [-0.2, 0) is 0 Å². The second kappa shape index (κ2) is 6.38. The fourth-order valence-corrected chi connectivity index (χ4v) is 3.18. The number of benzene rings is 1. The third kappa shape index (κ3) is 3.14. The molecule has 1 fully saturated rings. The minimum atomic E-state index is 0.570. The van der Waals surface area contributed by atoms with E-state index in [2.05, 4.69) is 56.0 Å². The van der Waals surface area contributed by atoms with Crippen LogP contribution in [0.4, 0.5) is 0 Å². The van der Waals surface area contributed by atoms with Gasteiger partial charge in [-0.15, -0.1) is 0 Å². The molecular formula is C17H27N. The largest absolute Gasteiger partial charge is 0.296 e. The van der Waals surface area contributed by atoms with Crippen molar-refractivity contribution in [1.29, 1.82) is 0 Å². The van der Waals surface area contributed by atoms with Gasteiger partial charge in [0, 0.05) is 19.1 Å². The summed E-state index contributed by atoms with van der Waals surface area (Å²) >= 11 is 0. The van der Waals surface area contributed by atoms with Crippen molar-refractivity contribution in [3.63, 3.8) is 0 Å². The lowest BCUT2D eigenvalue weighted by atomic mass is 9.93. The molecular weight excluding hydrogens is 218 g/mol. The van der Waals surface area contributed by atoms with E-state index in [0.29, 0.717) is 6.04 Å². The van der Waals surface area contributed by atoms with Gasteiger partial charge >= 0.3 is 0 Å². The van der Waals surface area contributed by atoms with Crippen molar-refractivity contribution in [2.24, 2.45) is 11.8 Å². The highest BCUT2D eigenvalue weighted by Gasteiger charge is 2.31. The molecule has 1 heteroatoms. The van der Waals surface area contributed by atoms with E-state index in [1.165, 1.54) is 37.9 Å². The Morgan fingerprint density at radius 3 is 2.61 bits per heavy atom. The third-order valence-electron chi connectivity index (χ3n) is 4.55. The van der Waals surface area contributed by atoms with Crippen molar-refractivity contribution in [3.05, 3.63) is 35.9 Å². The van der Waals surface area contributed by atoms with Gasteiger partial charge in [-0.2, -0.15) is 0 Å². The fourth-order valence-electron chi connectivity index (χ4n) is 3.18. The Morgan fingerprint density at radius 1 is 1.22 bits per heavy atom. The zero-order valence-corrected chi connectivity index (χ0v) is 12.1. The molecule has 2 rings (SSSR count). The maximum absolute atomic E-state index is 2.67. The number of unbranched alkanes of at least 4 members (excludes halogenated alkanes) is 1. The summed E-state index contributed by atoms with van der Waals surface area (Å²) in [5, 5.41) is 0. The van der Waals surface area contributed by atoms with Crippen LogP contribution in [0.1, 0.15) is 51.6 Å². The van der Waals surface area contributed by atoms with Crippen LogP contribution in [0, 0.1) is 11.8 Å². The van der Waals surface area contributed by atoms with Crippen LogP contribution in [0.15, 0.2) is 30.3 Å². The van der Waals surface area contributed by atoms with Gasteiger partial charge in [-0.3, -0.25) is 4.90 Å². The molecule has 3 atom stereocenters. The lowest BCUT2D eigenvalue weighted by Gasteiger charge is -2.24. The molecule has 100 valence electrons. The summed E-state index contributed by atoms with van der Waals surface area (Å²) in [7, 11) is 0. The Labute approximate surface area is 112 Å². The number of hydrogen-bond donors (Lipinski definition) is 0. The van der Waals surface area contributed by atoms with E-state index in [0.717, 1.165) is 11.8 Å². The van der Waals surface area contributed by atoms with Gasteiger partial charge in [0.15, 0.2) is 0 Å². The highest BCUT2D eigenvalue weighted by atomic mass is 15.2. The van der Waals surface area contributed by atoms with Crippen LogP contribution < -0.4 is 0 Å². The topological polar surface area (TPSA) is 3.24 Å². The van der Waals surface area contributed by atoms with Crippen molar-refractivity contribution >= 4 is 0 Å². The second-order valence-electron chi connectivity index (χ2n) is 5.92. The first-order valence-electron chi connectivity index (χ1n) is 7.51. The predicted molar refractivity (Wildman–Crippen MR) is 78.6 cm³/mol. The Morgan fingerprint density at radius 2 is 1.94 bits per heavy atom. The average molecular weight is 245 g/mol. The molecule has 0 spiro atoms. The first-order valence-corrected chi connectivity index (χ1v) is 7.51. The van der Waals surface area contributed by atoms with Gasteiger partial charge in [0.1, 0.15) is 0 Å². The lowest BCUT2D eigenvalue weighted by molar-refractivity contribution is 0.248. The number of nitrogens with zero attached hydrogens (tertiary/aromatic N) is 1. The molecule has 0 saturated carbocycles. The van der Waals surface area contributed by atoms with Gasteiger partial charge in [-0.05, 0) is 30.7 Å². The lowest BCUT2D eigenvalue weighted by Crippen LogP contribution is -2.24. The number of likely N-dealkylation sites (tertiary alicyclic amines) is 1. The van der Waals surface area contributed by atoms with Crippen LogP contribution in [0.3, 0.4) is 0 Å². The average Bonchev–Trinajstić information content (AvgIpc) is 2.78. The molecule has 0 radical (unpaired) electrons. The zero-order valence-electron chi connectivity index (χ0n) is 12.1. The van der Waals surface area contributed by atoms with Gasteiger partial charge in [-0.25, -0.2) is 0 Å². The fraction of sp³-hybridized carbons (Fsp3) is 0.647. The van der Waals surface area contributed by atoms with Gasteiger partial charge in [0.2, 0.25) is 0 Å². The maximum atomic E-state index is 2.67. The van der Waals surface area contributed by atoms with E-state index in [9.17, 15) is 0 Å². The molecule has 1 aromatic rings. The van der Waals surface area contributed by atoms with E-state index in [1.807, 2.05) is 0 Å². The first kappa shape index (κ1) is 13.6. The smallest absolute Gasteiger partial charge is 0.0320 e. The SMILES string of the molecule is CCCCC1CN(C(C)c2ccccc2)CC1C. The minimum absolute atomic E-state index is 0.570. The maximum Gasteiger partial charge on any atom is 0.0320 e. The van der Waals surface area contributed by atoms with E-state index in [4.69, 9.17) is 0 Å². The Hall–Kier alpha value is -0.820. The van der Waals surface area contributed by atoms with E-state index >= 15 is 0 Å². The normalized spacial score (nSPS) is 26.4. The zero-order chi connectivity index (χ0) is 13.0. The second-order valence-corrected chi connectivity index (χ2v) is 5.92. The van der Waals surface area contributed by atoms with Crippen molar-refractivity contribution in [1.82, 2.24) is 4.90 Å². The predicted octanol–water partition coefficient (Wildman–Crippen LogP) is 4.51. The summed E-state index contributed by atoms with van der Waals surface area (Å²) in [5.74, 6) is 1.78. The molecule has 3 unspecified atom stereocenters. The quantitative estimate of drug-likeness (QED) is 0.738. The van der Waals surface area contributed by atoms with Gasteiger partial charge in [-0.1, -0.05) is 57.0 Å². The minimum Gasteiger partial charge on any atom is -0.296 e. The molecule has 1 heterocycles. The van der Waals surface area contributed by atoms with Crippen molar-refractivity contribution < 1.29 is 0 Å². The molecule has 0 amide bonds. The summed E-state index contributed by atoms with van der Waals surface area (Å²) in [6, 6.07) is 11.5. The van der Waals surface area contributed by atoms with Crippen LogP contribution in [0.5, 0.6) is 0 Å². The summed E-state index contributed by atoms with van der Waals surface area (Å²) in [6.45, 7) is 9.63. The molecule has 1 nitrogen and oxygen atoms in total. The Bertz CT molecular complexity index is 346. The van der Waals surface area contributed by atoms with E-state index in [1.54, 1.807) is 0 Å². The highest BCUT2D eigenvalue weighted by Crippen LogP contribution is 2.33. The monoisotopic (exact) mass is 245 g/mol. The molecule has 1 saturated heterocycles. The summed E-state index contributed by atoms with van der Waals surface area (Å²) in [4.78, 5) is 2.67. The van der Waals surface area contributed by atoms with Gasteiger partial charge < -0.3 is 0 Å². The van der Waals surface area contributed by atoms with Crippen molar-refractivity contribution in [2.75, 3.05) is 13.1 Å². The van der Waals surface area contributed by atoms with Crippen LogP contribution >= 0.6 is 0 Å². The highest BCUT2D eigenvalue weighted by molar-refractivity contribution is 5.18. The molecule has 0 bridgehead atoms. The van der Waals surface area contributed by atoms with Crippen LogP contribution in [-0.4, -0.2) is 18.0 Å². The number of rotatable bonds is 5. The summed E-state index contributed by atoms with van der Waals surface area (Å²) < 4.78 is 0. The number of hydrogen-bond acceptors (Lipinski definition) is 1. The molecule has 1 aliphatic rings. The first-order chi connectivity index (χ1) is 8.72.